The topological polar surface area (TPSA) is 68.8 Å². The van der Waals surface area contributed by atoms with Crippen molar-refractivity contribution in [3.05, 3.63) is 17.7 Å². The SMILES string of the molecule is CNCCNC(=O)Cc1cc(OC)c(OC)c(OC)c1. The highest BCUT2D eigenvalue weighted by atomic mass is 16.5. The van der Waals surface area contributed by atoms with Crippen LogP contribution < -0.4 is 24.8 Å². The zero-order chi connectivity index (χ0) is 15.0. The van der Waals surface area contributed by atoms with E-state index in [2.05, 4.69) is 10.6 Å². The number of hydrogen-bond acceptors (Lipinski definition) is 5. The Labute approximate surface area is 119 Å². The molecule has 0 saturated heterocycles. The molecule has 0 aromatic heterocycles. The van der Waals surface area contributed by atoms with Crippen LogP contribution in [0.15, 0.2) is 12.1 Å². The fourth-order valence-electron chi connectivity index (χ4n) is 1.81. The fraction of sp³-hybridized carbons (Fsp3) is 0.500. The number of amides is 1. The van der Waals surface area contributed by atoms with E-state index in [0.717, 1.165) is 12.1 Å². The molecule has 6 nitrogen and oxygen atoms in total. The first kappa shape index (κ1) is 16.1. The molecule has 0 aliphatic heterocycles. The second-order valence-corrected chi connectivity index (χ2v) is 4.16. The summed E-state index contributed by atoms with van der Waals surface area (Å²) in [5.74, 6) is 1.57. The molecule has 0 fully saturated rings. The third kappa shape index (κ3) is 4.31. The molecular weight excluding hydrogens is 260 g/mol. The van der Waals surface area contributed by atoms with Gasteiger partial charge in [-0.05, 0) is 24.7 Å². The van der Waals surface area contributed by atoms with Crippen LogP contribution in [0.1, 0.15) is 5.56 Å². The van der Waals surface area contributed by atoms with Crippen LogP contribution in [0.25, 0.3) is 0 Å². The van der Waals surface area contributed by atoms with Crippen LogP contribution in [0.3, 0.4) is 0 Å². The lowest BCUT2D eigenvalue weighted by molar-refractivity contribution is -0.120. The summed E-state index contributed by atoms with van der Waals surface area (Å²) in [5, 5.41) is 5.79. The molecule has 0 saturated carbocycles. The molecule has 20 heavy (non-hydrogen) atoms. The molecule has 0 atom stereocenters. The Morgan fingerprint density at radius 2 is 1.65 bits per heavy atom. The van der Waals surface area contributed by atoms with Crippen LogP contribution in [-0.2, 0) is 11.2 Å². The normalized spacial score (nSPS) is 10.0. The summed E-state index contributed by atoms with van der Waals surface area (Å²) in [7, 11) is 6.48. The standard InChI is InChI=1S/C14H22N2O4/c1-15-5-6-16-13(17)9-10-7-11(18-2)14(20-4)12(8-10)19-3/h7-8,15H,5-6,9H2,1-4H3,(H,16,17). The predicted octanol–water partition coefficient (Wildman–Crippen LogP) is 0.591. The first-order chi connectivity index (χ1) is 9.65. The second kappa shape index (κ2) is 8.27. The Kier molecular flexibility index (Phi) is 6.66. The van der Waals surface area contributed by atoms with Crippen molar-refractivity contribution >= 4 is 5.91 Å². The van der Waals surface area contributed by atoms with Gasteiger partial charge in [0, 0.05) is 13.1 Å². The molecule has 0 aliphatic carbocycles. The zero-order valence-corrected chi connectivity index (χ0v) is 12.4. The Bertz CT molecular complexity index is 424. The average Bonchev–Trinajstić information content (AvgIpc) is 2.46. The van der Waals surface area contributed by atoms with Crippen molar-refractivity contribution in [3.63, 3.8) is 0 Å². The van der Waals surface area contributed by atoms with E-state index in [0.29, 0.717) is 23.8 Å². The van der Waals surface area contributed by atoms with Gasteiger partial charge in [-0.2, -0.15) is 0 Å². The van der Waals surface area contributed by atoms with Crippen LogP contribution in [0.2, 0.25) is 0 Å². The van der Waals surface area contributed by atoms with E-state index in [-0.39, 0.29) is 12.3 Å². The number of carbonyl (C=O) groups excluding carboxylic acids is 1. The molecule has 0 heterocycles. The maximum atomic E-state index is 11.8. The molecule has 6 heteroatoms. The quantitative estimate of drug-likeness (QED) is 0.683. The van der Waals surface area contributed by atoms with Gasteiger partial charge in [0.05, 0.1) is 27.8 Å². The molecule has 0 spiro atoms. The smallest absolute Gasteiger partial charge is 0.224 e. The first-order valence-electron chi connectivity index (χ1n) is 6.36. The van der Waals surface area contributed by atoms with Gasteiger partial charge in [0.15, 0.2) is 11.5 Å². The molecule has 112 valence electrons. The van der Waals surface area contributed by atoms with Crippen LogP contribution in [0.5, 0.6) is 17.2 Å². The number of ether oxygens (including phenoxy) is 3. The third-order valence-electron chi connectivity index (χ3n) is 2.79. The number of likely N-dealkylation sites (N-methyl/N-ethyl adjacent to an activating group) is 1. The van der Waals surface area contributed by atoms with Crippen LogP contribution in [0, 0.1) is 0 Å². The van der Waals surface area contributed by atoms with Gasteiger partial charge >= 0.3 is 0 Å². The zero-order valence-electron chi connectivity index (χ0n) is 12.4. The minimum Gasteiger partial charge on any atom is -0.493 e. The average molecular weight is 282 g/mol. The lowest BCUT2D eigenvalue weighted by Crippen LogP contribution is -2.31. The van der Waals surface area contributed by atoms with E-state index in [9.17, 15) is 4.79 Å². The van der Waals surface area contributed by atoms with Crippen LogP contribution in [-0.4, -0.2) is 47.4 Å². The van der Waals surface area contributed by atoms with Gasteiger partial charge in [-0.25, -0.2) is 0 Å². The highest BCUT2D eigenvalue weighted by Gasteiger charge is 2.14. The van der Waals surface area contributed by atoms with E-state index in [1.165, 1.54) is 0 Å². The summed E-state index contributed by atoms with van der Waals surface area (Å²) in [6.07, 6.45) is 0.264. The highest BCUT2D eigenvalue weighted by molar-refractivity contribution is 5.79. The van der Waals surface area contributed by atoms with Crippen molar-refractivity contribution in [2.45, 2.75) is 6.42 Å². The molecule has 0 radical (unpaired) electrons. The summed E-state index contributed by atoms with van der Waals surface area (Å²) < 4.78 is 15.7. The van der Waals surface area contributed by atoms with E-state index < -0.39 is 0 Å². The van der Waals surface area contributed by atoms with Crippen LogP contribution >= 0.6 is 0 Å². The van der Waals surface area contributed by atoms with Gasteiger partial charge in [0.25, 0.3) is 0 Å². The minimum atomic E-state index is -0.0467. The van der Waals surface area contributed by atoms with Crippen molar-refractivity contribution in [2.24, 2.45) is 0 Å². The monoisotopic (exact) mass is 282 g/mol. The number of hydrogen-bond donors (Lipinski definition) is 2. The number of nitrogens with one attached hydrogen (secondary N) is 2. The van der Waals surface area contributed by atoms with E-state index in [1.54, 1.807) is 33.5 Å². The largest absolute Gasteiger partial charge is 0.493 e. The lowest BCUT2D eigenvalue weighted by Gasteiger charge is -2.14. The summed E-state index contributed by atoms with van der Waals surface area (Å²) >= 11 is 0. The Hall–Kier alpha value is -1.95. The van der Waals surface area contributed by atoms with Gasteiger partial charge in [-0.15, -0.1) is 0 Å². The second-order valence-electron chi connectivity index (χ2n) is 4.16. The number of benzene rings is 1. The van der Waals surface area contributed by atoms with Gasteiger partial charge in [0.1, 0.15) is 0 Å². The minimum absolute atomic E-state index is 0.0467. The van der Waals surface area contributed by atoms with Gasteiger partial charge < -0.3 is 24.8 Å². The maximum absolute atomic E-state index is 11.8. The molecule has 0 aliphatic rings. The van der Waals surface area contributed by atoms with E-state index in [4.69, 9.17) is 14.2 Å². The van der Waals surface area contributed by atoms with Crippen molar-refractivity contribution in [1.82, 2.24) is 10.6 Å². The Morgan fingerprint density at radius 3 is 2.10 bits per heavy atom. The summed E-state index contributed by atoms with van der Waals surface area (Å²) in [4.78, 5) is 11.8. The summed E-state index contributed by atoms with van der Waals surface area (Å²) in [6.45, 7) is 1.33. The maximum Gasteiger partial charge on any atom is 0.224 e. The van der Waals surface area contributed by atoms with Gasteiger partial charge in [-0.1, -0.05) is 0 Å². The molecule has 1 aromatic carbocycles. The molecule has 1 aromatic rings. The van der Waals surface area contributed by atoms with Gasteiger partial charge in [0.2, 0.25) is 11.7 Å². The number of methoxy groups -OCH3 is 3. The molecule has 2 N–H and O–H groups in total. The molecule has 1 amide bonds. The molecule has 0 bridgehead atoms. The van der Waals surface area contributed by atoms with Crippen molar-refractivity contribution in [3.8, 4) is 17.2 Å². The third-order valence-corrected chi connectivity index (χ3v) is 2.79. The van der Waals surface area contributed by atoms with E-state index >= 15 is 0 Å². The van der Waals surface area contributed by atoms with Crippen LogP contribution in [0.4, 0.5) is 0 Å². The highest BCUT2D eigenvalue weighted by Crippen LogP contribution is 2.38. The van der Waals surface area contributed by atoms with Crippen molar-refractivity contribution in [1.29, 1.82) is 0 Å². The first-order valence-corrected chi connectivity index (χ1v) is 6.36. The number of rotatable bonds is 8. The molecule has 0 unspecified atom stereocenters. The van der Waals surface area contributed by atoms with Crippen molar-refractivity contribution < 1.29 is 19.0 Å². The Morgan fingerprint density at radius 1 is 1.05 bits per heavy atom. The van der Waals surface area contributed by atoms with E-state index in [1.807, 2.05) is 7.05 Å². The lowest BCUT2D eigenvalue weighted by atomic mass is 10.1. The number of carbonyl (C=O) groups is 1. The summed E-state index contributed by atoms with van der Waals surface area (Å²) in [5.41, 5.74) is 0.807. The van der Waals surface area contributed by atoms with Gasteiger partial charge in [-0.3, -0.25) is 4.79 Å². The fourth-order valence-corrected chi connectivity index (χ4v) is 1.81. The van der Waals surface area contributed by atoms with Crippen molar-refractivity contribution in [2.75, 3.05) is 41.5 Å². The molecular formula is C14H22N2O4. The molecule has 1 rings (SSSR count). The predicted molar refractivity (Wildman–Crippen MR) is 76.7 cm³/mol. The summed E-state index contributed by atoms with van der Waals surface area (Å²) in [6, 6.07) is 3.55. The Balaban J connectivity index is 2.82.